The number of piperidine rings is 1. The summed E-state index contributed by atoms with van der Waals surface area (Å²) in [5, 5.41) is 5.69. The van der Waals surface area contributed by atoms with Crippen molar-refractivity contribution in [2.45, 2.75) is 33.1 Å². The van der Waals surface area contributed by atoms with Crippen LogP contribution in [0.3, 0.4) is 0 Å². The summed E-state index contributed by atoms with van der Waals surface area (Å²) in [6.07, 6.45) is 3.70. The number of benzene rings is 1. The minimum absolute atomic E-state index is 0.0370. The van der Waals surface area contributed by atoms with Crippen LogP contribution in [0.15, 0.2) is 18.2 Å². The van der Waals surface area contributed by atoms with E-state index in [0.717, 1.165) is 24.3 Å². The topological polar surface area (TPSA) is 62.6 Å². The van der Waals surface area contributed by atoms with Crippen molar-refractivity contribution >= 4 is 23.2 Å². The van der Waals surface area contributed by atoms with E-state index in [9.17, 15) is 9.59 Å². The van der Waals surface area contributed by atoms with Gasteiger partial charge in [0, 0.05) is 18.3 Å². The number of carbonyl (C=O) groups excluding carboxylic acids is 2. The predicted octanol–water partition coefficient (Wildman–Crippen LogP) is 0.961. The quantitative estimate of drug-likeness (QED) is 0.773. The molecule has 0 atom stereocenters. The zero-order valence-corrected chi connectivity index (χ0v) is 12.8. The first-order valence-electron chi connectivity index (χ1n) is 7.56. The summed E-state index contributed by atoms with van der Waals surface area (Å²) in [5.41, 5.74) is 2.46. The first-order valence-corrected chi connectivity index (χ1v) is 7.56. The van der Waals surface area contributed by atoms with Crippen LogP contribution in [-0.4, -0.2) is 31.4 Å². The molecule has 114 valence electrons. The zero-order chi connectivity index (χ0) is 15.2. The summed E-state index contributed by atoms with van der Waals surface area (Å²) in [7, 11) is 0. The molecule has 0 bridgehead atoms. The van der Waals surface area contributed by atoms with Crippen molar-refractivity contribution in [3.8, 4) is 0 Å². The number of carbonyl (C=O) groups is 2. The van der Waals surface area contributed by atoms with Crippen molar-refractivity contribution < 1.29 is 14.5 Å². The fourth-order valence-corrected chi connectivity index (χ4v) is 2.69. The van der Waals surface area contributed by atoms with Gasteiger partial charge in [0.1, 0.15) is 0 Å². The molecule has 0 saturated carbocycles. The molecule has 1 aromatic rings. The molecule has 21 heavy (non-hydrogen) atoms. The van der Waals surface area contributed by atoms with Crippen LogP contribution in [0.25, 0.3) is 0 Å². The third kappa shape index (κ3) is 4.86. The number of rotatable bonds is 4. The number of anilines is 2. The van der Waals surface area contributed by atoms with Crippen LogP contribution in [0.2, 0.25) is 0 Å². The van der Waals surface area contributed by atoms with Gasteiger partial charge in [-0.25, -0.2) is 0 Å². The van der Waals surface area contributed by atoms with Crippen LogP contribution in [0.4, 0.5) is 11.4 Å². The molecule has 1 aliphatic rings. The summed E-state index contributed by atoms with van der Waals surface area (Å²) in [6.45, 7) is 6.10. The van der Waals surface area contributed by atoms with E-state index in [-0.39, 0.29) is 11.8 Å². The summed E-state index contributed by atoms with van der Waals surface area (Å²) >= 11 is 0. The number of amides is 2. The van der Waals surface area contributed by atoms with Crippen LogP contribution < -0.4 is 15.5 Å². The fourth-order valence-electron chi connectivity index (χ4n) is 2.69. The molecule has 5 heteroatoms. The van der Waals surface area contributed by atoms with E-state index in [2.05, 4.69) is 10.6 Å². The molecular weight excluding hydrogens is 266 g/mol. The minimum Gasteiger partial charge on any atom is -0.327 e. The average Bonchev–Trinajstić information content (AvgIpc) is 2.43. The molecule has 0 aromatic heterocycles. The van der Waals surface area contributed by atoms with Crippen molar-refractivity contribution in [1.82, 2.24) is 0 Å². The van der Waals surface area contributed by atoms with Crippen LogP contribution in [0.5, 0.6) is 0 Å². The highest BCUT2D eigenvalue weighted by molar-refractivity contribution is 5.94. The van der Waals surface area contributed by atoms with Gasteiger partial charge >= 0.3 is 0 Å². The van der Waals surface area contributed by atoms with E-state index in [1.54, 1.807) is 6.07 Å². The van der Waals surface area contributed by atoms with Gasteiger partial charge < -0.3 is 15.5 Å². The SMILES string of the molecule is CC(=O)Nc1ccc(C)c(NC(=O)C[NH+]2CCCCC2)c1. The second kappa shape index (κ2) is 7.22. The van der Waals surface area contributed by atoms with E-state index >= 15 is 0 Å². The van der Waals surface area contributed by atoms with Gasteiger partial charge in [0.2, 0.25) is 5.91 Å². The first-order chi connectivity index (χ1) is 10.0. The lowest BCUT2D eigenvalue weighted by Gasteiger charge is -2.23. The Morgan fingerprint density at radius 3 is 2.52 bits per heavy atom. The second-order valence-corrected chi connectivity index (χ2v) is 5.75. The van der Waals surface area contributed by atoms with Gasteiger partial charge in [-0.05, 0) is 43.9 Å². The Morgan fingerprint density at radius 2 is 1.86 bits per heavy atom. The number of hydrogen-bond acceptors (Lipinski definition) is 2. The highest BCUT2D eigenvalue weighted by Gasteiger charge is 2.17. The molecule has 1 aromatic carbocycles. The van der Waals surface area contributed by atoms with Crippen molar-refractivity contribution in [3.63, 3.8) is 0 Å². The number of nitrogens with one attached hydrogen (secondary N) is 3. The lowest BCUT2D eigenvalue weighted by molar-refractivity contribution is -0.896. The zero-order valence-electron chi connectivity index (χ0n) is 12.8. The van der Waals surface area contributed by atoms with Gasteiger partial charge in [0.05, 0.1) is 13.1 Å². The molecule has 1 aliphatic heterocycles. The van der Waals surface area contributed by atoms with Crippen LogP contribution in [0.1, 0.15) is 31.7 Å². The maximum atomic E-state index is 12.1. The van der Waals surface area contributed by atoms with Gasteiger partial charge in [0.15, 0.2) is 6.54 Å². The Balaban J connectivity index is 1.97. The largest absolute Gasteiger partial charge is 0.327 e. The number of likely N-dealkylation sites (tertiary alicyclic amines) is 1. The predicted molar refractivity (Wildman–Crippen MR) is 83.5 cm³/mol. The normalized spacial score (nSPS) is 15.5. The van der Waals surface area contributed by atoms with E-state index in [0.29, 0.717) is 12.2 Å². The summed E-state index contributed by atoms with van der Waals surface area (Å²) in [5.74, 6) is -0.0798. The Kier molecular flexibility index (Phi) is 5.33. The van der Waals surface area contributed by atoms with E-state index in [1.165, 1.54) is 31.1 Å². The van der Waals surface area contributed by atoms with Gasteiger partial charge in [0.25, 0.3) is 5.91 Å². The van der Waals surface area contributed by atoms with Crippen LogP contribution >= 0.6 is 0 Å². The third-order valence-corrected chi connectivity index (χ3v) is 3.80. The Morgan fingerprint density at radius 1 is 1.14 bits per heavy atom. The van der Waals surface area contributed by atoms with Crippen molar-refractivity contribution in [2.24, 2.45) is 0 Å². The molecule has 2 rings (SSSR count). The molecule has 5 nitrogen and oxygen atoms in total. The molecule has 0 unspecified atom stereocenters. The van der Waals surface area contributed by atoms with E-state index in [4.69, 9.17) is 0 Å². The van der Waals surface area contributed by atoms with Crippen molar-refractivity contribution in [3.05, 3.63) is 23.8 Å². The molecule has 0 radical (unpaired) electrons. The van der Waals surface area contributed by atoms with Gasteiger partial charge in [-0.2, -0.15) is 0 Å². The summed E-state index contributed by atoms with van der Waals surface area (Å²) < 4.78 is 0. The molecular formula is C16H24N3O2+. The average molecular weight is 290 g/mol. The standard InChI is InChI=1S/C16H23N3O2/c1-12-6-7-14(17-13(2)20)10-15(12)18-16(21)11-19-8-4-3-5-9-19/h6-7,10H,3-5,8-9,11H2,1-2H3,(H,17,20)(H,18,21)/p+1. The third-order valence-electron chi connectivity index (χ3n) is 3.80. The maximum absolute atomic E-state index is 12.1. The molecule has 1 fully saturated rings. The van der Waals surface area contributed by atoms with Crippen molar-refractivity contribution in [2.75, 3.05) is 30.3 Å². The monoisotopic (exact) mass is 290 g/mol. The highest BCUT2D eigenvalue weighted by Crippen LogP contribution is 2.20. The van der Waals surface area contributed by atoms with Gasteiger partial charge in [-0.3, -0.25) is 9.59 Å². The number of quaternary nitrogens is 1. The molecule has 0 spiro atoms. The van der Waals surface area contributed by atoms with Crippen LogP contribution in [-0.2, 0) is 9.59 Å². The minimum atomic E-state index is -0.117. The molecule has 1 heterocycles. The lowest BCUT2D eigenvalue weighted by Crippen LogP contribution is -3.13. The Hall–Kier alpha value is -1.88. The lowest BCUT2D eigenvalue weighted by atomic mass is 10.1. The van der Waals surface area contributed by atoms with Crippen LogP contribution in [0, 0.1) is 6.92 Å². The summed E-state index contributed by atoms with van der Waals surface area (Å²) in [6, 6.07) is 5.54. The molecule has 2 amide bonds. The van der Waals surface area contributed by atoms with Gasteiger partial charge in [-0.15, -0.1) is 0 Å². The second-order valence-electron chi connectivity index (χ2n) is 5.75. The maximum Gasteiger partial charge on any atom is 0.279 e. The molecule has 1 saturated heterocycles. The molecule has 3 N–H and O–H groups in total. The Labute approximate surface area is 125 Å². The van der Waals surface area contributed by atoms with E-state index in [1.807, 2.05) is 19.1 Å². The number of hydrogen-bond donors (Lipinski definition) is 3. The Bertz CT molecular complexity index is 522. The van der Waals surface area contributed by atoms with Crippen molar-refractivity contribution in [1.29, 1.82) is 0 Å². The smallest absolute Gasteiger partial charge is 0.279 e. The molecule has 0 aliphatic carbocycles. The van der Waals surface area contributed by atoms with E-state index < -0.39 is 0 Å². The number of aryl methyl sites for hydroxylation is 1. The van der Waals surface area contributed by atoms with Gasteiger partial charge in [-0.1, -0.05) is 6.07 Å². The summed E-state index contributed by atoms with van der Waals surface area (Å²) in [4.78, 5) is 24.6. The first kappa shape index (κ1) is 15.5. The highest BCUT2D eigenvalue weighted by atomic mass is 16.2. The fraction of sp³-hybridized carbons (Fsp3) is 0.500.